The Bertz CT molecular complexity index is 703. The number of carbonyl (C=O) groups excluding carboxylic acids is 1. The largest absolute Gasteiger partial charge is 0.456 e. The van der Waals surface area contributed by atoms with E-state index >= 15 is 0 Å². The number of hydrogen-bond acceptors (Lipinski definition) is 6. The van der Waals surface area contributed by atoms with Crippen molar-refractivity contribution in [2.75, 3.05) is 0 Å². The lowest BCUT2D eigenvalue weighted by Gasteiger charge is -2.20. The second-order valence-electron chi connectivity index (χ2n) is 5.42. The summed E-state index contributed by atoms with van der Waals surface area (Å²) in [7, 11) is -4.20. The lowest BCUT2D eigenvalue weighted by molar-refractivity contribution is -0.385. The highest BCUT2D eigenvalue weighted by Gasteiger charge is 2.26. The molecule has 0 saturated heterocycles. The minimum Gasteiger partial charge on any atom is -0.456 e. The third kappa shape index (κ3) is 4.23. The van der Waals surface area contributed by atoms with Crippen LogP contribution < -0.4 is 5.14 Å². The van der Waals surface area contributed by atoms with Gasteiger partial charge in [0, 0.05) is 12.1 Å². The molecule has 0 atom stereocenters. The molecule has 0 fully saturated rings. The molecule has 0 amide bonds. The first-order valence-electron chi connectivity index (χ1n) is 5.88. The average molecular weight is 316 g/mol. The highest BCUT2D eigenvalue weighted by atomic mass is 32.2. The van der Waals surface area contributed by atoms with E-state index in [-0.39, 0.29) is 11.1 Å². The van der Waals surface area contributed by atoms with E-state index in [0.29, 0.717) is 0 Å². The van der Waals surface area contributed by atoms with Crippen molar-refractivity contribution < 1.29 is 22.9 Å². The molecule has 0 heterocycles. The number of hydrogen-bond donors (Lipinski definition) is 1. The van der Waals surface area contributed by atoms with Gasteiger partial charge in [0.25, 0.3) is 5.69 Å². The van der Waals surface area contributed by atoms with Gasteiger partial charge in [-0.1, -0.05) is 0 Å². The highest BCUT2D eigenvalue weighted by molar-refractivity contribution is 7.89. The molecule has 1 rings (SSSR count). The van der Waals surface area contributed by atoms with Crippen LogP contribution in [0.1, 0.15) is 36.7 Å². The van der Waals surface area contributed by atoms with Crippen molar-refractivity contribution in [3.8, 4) is 0 Å². The summed E-state index contributed by atoms with van der Waals surface area (Å²) < 4.78 is 28.1. The number of benzene rings is 1. The van der Waals surface area contributed by atoms with Crippen LogP contribution in [0.2, 0.25) is 0 Å². The molecule has 0 saturated carbocycles. The van der Waals surface area contributed by atoms with Crippen molar-refractivity contribution in [3.63, 3.8) is 0 Å². The quantitative estimate of drug-likeness (QED) is 0.511. The van der Waals surface area contributed by atoms with Crippen molar-refractivity contribution in [2.45, 2.75) is 38.2 Å². The first-order chi connectivity index (χ1) is 9.33. The lowest BCUT2D eigenvalue weighted by atomic mass is 10.1. The highest BCUT2D eigenvalue weighted by Crippen LogP contribution is 2.26. The van der Waals surface area contributed by atoms with Gasteiger partial charge in [-0.2, -0.15) is 0 Å². The van der Waals surface area contributed by atoms with Crippen LogP contribution in [0.15, 0.2) is 17.0 Å². The minimum absolute atomic E-state index is 0.0114. The second kappa shape index (κ2) is 5.41. The first kappa shape index (κ1) is 17.1. The predicted octanol–water partition coefficient (Wildman–Crippen LogP) is 1.51. The number of ether oxygens (including phenoxy) is 1. The van der Waals surface area contributed by atoms with Gasteiger partial charge in [0.2, 0.25) is 10.0 Å². The summed E-state index contributed by atoms with van der Waals surface area (Å²) in [5.74, 6) is -0.853. The van der Waals surface area contributed by atoms with Crippen LogP contribution in [-0.2, 0) is 14.8 Å². The molecular weight excluding hydrogens is 300 g/mol. The van der Waals surface area contributed by atoms with E-state index in [0.717, 1.165) is 12.1 Å². The Kier molecular flexibility index (Phi) is 4.40. The summed E-state index contributed by atoms with van der Waals surface area (Å²) in [6.07, 6.45) is 0. The molecule has 0 unspecified atom stereocenters. The molecule has 1 aromatic rings. The van der Waals surface area contributed by atoms with Gasteiger partial charge in [-0.3, -0.25) is 10.1 Å². The van der Waals surface area contributed by atoms with E-state index in [4.69, 9.17) is 9.88 Å². The average Bonchev–Trinajstić information content (AvgIpc) is 2.24. The van der Waals surface area contributed by atoms with Crippen molar-refractivity contribution in [3.05, 3.63) is 33.4 Å². The summed E-state index contributed by atoms with van der Waals surface area (Å²) in [4.78, 5) is 21.6. The van der Waals surface area contributed by atoms with Gasteiger partial charge in [0.05, 0.1) is 15.4 Å². The predicted molar refractivity (Wildman–Crippen MR) is 74.4 cm³/mol. The van der Waals surface area contributed by atoms with Crippen LogP contribution in [0.3, 0.4) is 0 Å². The van der Waals surface area contributed by atoms with Gasteiger partial charge in [-0.25, -0.2) is 18.4 Å². The fourth-order valence-electron chi connectivity index (χ4n) is 1.62. The summed E-state index contributed by atoms with van der Waals surface area (Å²) in [5.41, 5.74) is -1.57. The molecule has 0 aromatic heterocycles. The second-order valence-corrected chi connectivity index (χ2v) is 6.95. The van der Waals surface area contributed by atoms with Crippen molar-refractivity contribution in [2.24, 2.45) is 5.14 Å². The third-order valence-electron chi connectivity index (χ3n) is 2.48. The molecule has 0 spiro atoms. The Balaban J connectivity index is 3.55. The van der Waals surface area contributed by atoms with Gasteiger partial charge in [0.15, 0.2) is 0 Å². The molecule has 0 bridgehead atoms. The maximum atomic E-state index is 12.1. The van der Waals surface area contributed by atoms with Crippen LogP contribution in [0.4, 0.5) is 5.69 Å². The zero-order chi connectivity index (χ0) is 16.6. The van der Waals surface area contributed by atoms with E-state index in [9.17, 15) is 23.3 Å². The molecule has 21 heavy (non-hydrogen) atoms. The molecule has 9 heteroatoms. The van der Waals surface area contributed by atoms with Crippen LogP contribution in [0.5, 0.6) is 0 Å². The number of carbonyl (C=O) groups is 1. The lowest BCUT2D eigenvalue weighted by Crippen LogP contribution is -2.25. The normalized spacial score (nSPS) is 12.0. The number of nitrogens with two attached hydrogens (primary N) is 1. The Morgan fingerprint density at radius 1 is 1.33 bits per heavy atom. The van der Waals surface area contributed by atoms with E-state index < -0.39 is 37.1 Å². The molecule has 0 aliphatic rings. The van der Waals surface area contributed by atoms with E-state index in [1.165, 1.54) is 6.92 Å². The topological polar surface area (TPSA) is 130 Å². The summed E-state index contributed by atoms with van der Waals surface area (Å²) in [5, 5.41) is 15.9. The standard InChI is InChI=1S/C12H16N2O6S/c1-7-9(11(15)20-12(2,3)4)5-8(14(16)17)6-10(7)21(13,18)19/h5-6H,1-4H3,(H2,13,18,19). The number of nitro benzene ring substituents is 1. The van der Waals surface area contributed by atoms with Gasteiger partial charge in [-0.05, 0) is 33.3 Å². The van der Waals surface area contributed by atoms with Crippen molar-refractivity contribution >= 4 is 21.7 Å². The Labute approximate surface area is 122 Å². The minimum atomic E-state index is -4.20. The molecule has 0 radical (unpaired) electrons. The monoisotopic (exact) mass is 316 g/mol. The van der Waals surface area contributed by atoms with Gasteiger partial charge in [-0.15, -0.1) is 0 Å². The van der Waals surface area contributed by atoms with Crippen LogP contribution in [0, 0.1) is 17.0 Å². The van der Waals surface area contributed by atoms with E-state index in [1.807, 2.05) is 0 Å². The Hall–Kier alpha value is -2.00. The molecule has 0 aliphatic heterocycles. The number of sulfonamides is 1. The zero-order valence-corrected chi connectivity index (χ0v) is 12.9. The number of primary sulfonamides is 1. The summed E-state index contributed by atoms with van der Waals surface area (Å²) in [6.45, 7) is 6.21. The molecule has 2 N–H and O–H groups in total. The zero-order valence-electron chi connectivity index (χ0n) is 12.0. The molecular formula is C12H16N2O6S. The van der Waals surface area contributed by atoms with Gasteiger partial charge < -0.3 is 4.74 Å². The number of nitro groups is 1. The number of non-ortho nitro benzene ring substituents is 1. The van der Waals surface area contributed by atoms with E-state index in [1.54, 1.807) is 20.8 Å². The van der Waals surface area contributed by atoms with Crippen molar-refractivity contribution in [1.29, 1.82) is 0 Å². The Morgan fingerprint density at radius 3 is 2.24 bits per heavy atom. The third-order valence-corrected chi connectivity index (χ3v) is 3.52. The maximum Gasteiger partial charge on any atom is 0.339 e. The smallest absolute Gasteiger partial charge is 0.339 e. The van der Waals surface area contributed by atoms with Crippen LogP contribution in [-0.4, -0.2) is 24.9 Å². The first-order valence-corrected chi connectivity index (χ1v) is 7.43. The maximum absolute atomic E-state index is 12.1. The molecule has 1 aromatic carbocycles. The molecule has 0 aliphatic carbocycles. The summed E-state index contributed by atoms with van der Waals surface area (Å²) in [6, 6.07) is 1.79. The Morgan fingerprint density at radius 2 is 1.86 bits per heavy atom. The SMILES string of the molecule is Cc1c(C(=O)OC(C)(C)C)cc([N+](=O)[O-])cc1S(N)(=O)=O. The van der Waals surface area contributed by atoms with Crippen LogP contribution >= 0.6 is 0 Å². The molecule has 8 nitrogen and oxygen atoms in total. The number of esters is 1. The fourth-order valence-corrected chi connectivity index (χ4v) is 2.44. The van der Waals surface area contributed by atoms with Gasteiger partial charge >= 0.3 is 5.97 Å². The number of nitrogens with zero attached hydrogens (tertiary/aromatic N) is 1. The van der Waals surface area contributed by atoms with Gasteiger partial charge in [0.1, 0.15) is 5.60 Å². The summed E-state index contributed by atoms with van der Waals surface area (Å²) >= 11 is 0. The number of rotatable bonds is 3. The van der Waals surface area contributed by atoms with Crippen molar-refractivity contribution in [1.82, 2.24) is 0 Å². The van der Waals surface area contributed by atoms with E-state index in [2.05, 4.69) is 0 Å². The van der Waals surface area contributed by atoms with Crippen LogP contribution in [0.25, 0.3) is 0 Å². The fraction of sp³-hybridized carbons (Fsp3) is 0.417. The molecule has 116 valence electrons.